The predicted octanol–water partition coefficient (Wildman–Crippen LogP) is 2.13. The van der Waals surface area contributed by atoms with Crippen LogP contribution in [0.3, 0.4) is 0 Å². The molecule has 1 saturated heterocycles. The lowest BCUT2D eigenvalue weighted by Gasteiger charge is -2.33. The Morgan fingerprint density at radius 1 is 1.24 bits per heavy atom. The normalized spacial score (nSPS) is 16.7. The number of hydrogen-bond donors (Lipinski definition) is 1. The molecule has 0 aromatic carbocycles. The Balaban J connectivity index is 1.60. The van der Waals surface area contributed by atoms with Crippen LogP contribution in [0.5, 0.6) is 0 Å². The fraction of sp³-hybridized carbons (Fsp3) is 0.500. The highest BCUT2D eigenvalue weighted by Gasteiger charge is 2.25. The van der Waals surface area contributed by atoms with Gasteiger partial charge in [-0.1, -0.05) is 0 Å². The zero-order chi connectivity index (χ0) is 17.6. The highest BCUT2D eigenvalue weighted by Crippen LogP contribution is 2.23. The van der Waals surface area contributed by atoms with Crippen LogP contribution in [-0.2, 0) is 16.0 Å². The molecule has 1 fully saturated rings. The molecule has 0 saturated carbocycles. The molecule has 1 unspecified atom stereocenters. The van der Waals surface area contributed by atoms with Crippen LogP contribution >= 0.6 is 0 Å². The van der Waals surface area contributed by atoms with Crippen molar-refractivity contribution in [2.24, 2.45) is 0 Å². The predicted molar refractivity (Wildman–Crippen MR) is 90.3 cm³/mol. The molecule has 0 spiro atoms. The van der Waals surface area contributed by atoms with E-state index in [0.717, 1.165) is 37.8 Å². The van der Waals surface area contributed by atoms with Crippen LogP contribution in [0.4, 0.5) is 0 Å². The lowest BCUT2D eigenvalue weighted by Crippen LogP contribution is -2.42. The first-order valence-electron chi connectivity index (χ1n) is 8.43. The van der Waals surface area contributed by atoms with Crippen molar-refractivity contribution in [3.63, 3.8) is 0 Å². The fourth-order valence-electron chi connectivity index (χ4n) is 2.95. The molecule has 1 aliphatic heterocycles. The standard InChI is InChI=1S/C18H24N2O5/c1-13-3-5-16(24-13)15(20-7-9-23-10-8-20)12-19-11-14-4-6-17(25-14)18(21)22-2/h3-6,15,19H,7-12H2,1-2H3. The third-order valence-corrected chi connectivity index (χ3v) is 4.26. The van der Waals surface area contributed by atoms with E-state index >= 15 is 0 Å². The van der Waals surface area contributed by atoms with E-state index in [9.17, 15) is 4.79 Å². The number of aryl methyl sites for hydroxylation is 1. The van der Waals surface area contributed by atoms with Crippen molar-refractivity contribution in [2.45, 2.75) is 19.5 Å². The lowest BCUT2D eigenvalue weighted by atomic mass is 10.1. The zero-order valence-corrected chi connectivity index (χ0v) is 14.6. The van der Waals surface area contributed by atoms with Gasteiger partial charge in [0.05, 0.1) is 32.9 Å². The average Bonchev–Trinajstić information content (AvgIpc) is 3.28. The minimum absolute atomic E-state index is 0.132. The van der Waals surface area contributed by atoms with Gasteiger partial charge in [-0.3, -0.25) is 4.90 Å². The minimum Gasteiger partial charge on any atom is -0.465 e. The van der Waals surface area contributed by atoms with Crippen LogP contribution in [-0.4, -0.2) is 50.8 Å². The number of nitrogens with one attached hydrogen (secondary N) is 1. The van der Waals surface area contributed by atoms with Gasteiger partial charge in [0.15, 0.2) is 0 Å². The van der Waals surface area contributed by atoms with Crippen molar-refractivity contribution in [1.82, 2.24) is 10.2 Å². The smallest absolute Gasteiger partial charge is 0.373 e. The number of esters is 1. The van der Waals surface area contributed by atoms with Crippen molar-refractivity contribution in [2.75, 3.05) is 40.0 Å². The van der Waals surface area contributed by atoms with Crippen LogP contribution < -0.4 is 5.32 Å². The molecule has 7 nitrogen and oxygen atoms in total. The lowest BCUT2D eigenvalue weighted by molar-refractivity contribution is 0.0114. The van der Waals surface area contributed by atoms with Gasteiger partial charge in [0.1, 0.15) is 17.3 Å². The second-order valence-corrected chi connectivity index (χ2v) is 6.00. The van der Waals surface area contributed by atoms with Crippen molar-refractivity contribution in [3.05, 3.63) is 47.3 Å². The number of rotatable bonds is 7. The zero-order valence-electron chi connectivity index (χ0n) is 14.6. The molecule has 7 heteroatoms. The average molecular weight is 348 g/mol. The van der Waals surface area contributed by atoms with E-state index < -0.39 is 5.97 Å². The van der Waals surface area contributed by atoms with E-state index in [1.54, 1.807) is 12.1 Å². The van der Waals surface area contributed by atoms with Crippen molar-refractivity contribution < 1.29 is 23.1 Å². The first kappa shape index (κ1) is 17.7. The Morgan fingerprint density at radius 3 is 2.72 bits per heavy atom. The second-order valence-electron chi connectivity index (χ2n) is 6.00. The maximum absolute atomic E-state index is 11.4. The molecule has 0 radical (unpaired) electrons. The van der Waals surface area contributed by atoms with Crippen LogP contribution in [0, 0.1) is 6.92 Å². The van der Waals surface area contributed by atoms with E-state index in [-0.39, 0.29) is 11.8 Å². The Hall–Kier alpha value is -2.09. The second kappa shape index (κ2) is 8.33. The summed E-state index contributed by atoms with van der Waals surface area (Å²) in [5.41, 5.74) is 0. The number of hydrogen-bond acceptors (Lipinski definition) is 7. The molecular formula is C18H24N2O5. The molecule has 3 heterocycles. The van der Waals surface area contributed by atoms with Crippen molar-refractivity contribution >= 4 is 5.97 Å². The van der Waals surface area contributed by atoms with Crippen LogP contribution in [0.15, 0.2) is 33.1 Å². The molecule has 2 aromatic rings. The molecule has 25 heavy (non-hydrogen) atoms. The highest BCUT2D eigenvalue weighted by atomic mass is 16.5. The van der Waals surface area contributed by atoms with Gasteiger partial charge in [0.2, 0.25) is 5.76 Å². The quantitative estimate of drug-likeness (QED) is 0.768. The van der Waals surface area contributed by atoms with E-state index in [2.05, 4.69) is 15.0 Å². The van der Waals surface area contributed by atoms with Crippen LogP contribution in [0.25, 0.3) is 0 Å². The highest BCUT2D eigenvalue weighted by molar-refractivity contribution is 5.86. The summed E-state index contributed by atoms with van der Waals surface area (Å²) in [5.74, 6) is 2.29. The molecule has 0 bridgehead atoms. The van der Waals surface area contributed by atoms with Gasteiger partial charge < -0.3 is 23.6 Å². The van der Waals surface area contributed by atoms with E-state index in [1.165, 1.54) is 7.11 Å². The monoisotopic (exact) mass is 348 g/mol. The third-order valence-electron chi connectivity index (χ3n) is 4.26. The summed E-state index contributed by atoms with van der Waals surface area (Å²) in [5, 5.41) is 3.39. The summed E-state index contributed by atoms with van der Waals surface area (Å²) in [6.45, 7) is 6.40. The molecule has 2 aromatic heterocycles. The van der Waals surface area contributed by atoms with E-state index in [4.69, 9.17) is 13.6 Å². The minimum atomic E-state index is -0.469. The first-order valence-corrected chi connectivity index (χ1v) is 8.43. The summed E-state index contributed by atoms with van der Waals surface area (Å²) < 4.78 is 21.4. The molecule has 1 atom stereocenters. The molecular weight excluding hydrogens is 324 g/mol. The Labute approximate surface area is 146 Å². The van der Waals surface area contributed by atoms with E-state index in [1.807, 2.05) is 19.1 Å². The number of carbonyl (C=O) groups is 1. The van der Waals surface area contributed by atoms with Gasteiger partial charge in [-0.05, 0) is 31.2 Å². The van der Waals surface area contributed by atoms with Crippen molar-refractivity contribution in [1.29, 1.82) is 0 Å². The third kappa shape index (κ3) is 4.50. The first-order chi connectivity index (χ1) is 12.2. The summed E-state index contributed by atoms with van der Waals surface area (Å²) >= 11 is 0. The maximum atomic E-state index is 11.4. The van der Waals surface area contributed by atoms with Crippen LogP contribution in [0.1, 0.15) is 33.9 Å². The van der Waals surface area contributed by atoms with Crippen molar-refractivity contribution in [3.8, 4) is 0 Å². The molecule has 136 valence electrons. The summed E-state index contributed by atoms with van der Waals surface area (Å²) in [7, 11) is 1.33. The molecule has 1 aliphatic rings. The number of methoxy groups -OCH3 is 1. The largest absolute Gasteiger partial charge is 0.465 e. The number of ether oxygens (including phenoxy) is 2. The van der Waals surface area contributed by atoms with Gasteiger partial charge in [0.25, 0.3) is 0 Å². The molecule has 3 rings (SSSR count). The Kier molecular flexibility index (Phi) is 5.91. The summed E-state index contributed by atoms with van der Waals surface area (Å²) in [4.78, 5) is 13.8. The summed E-state index contributed by atoms with van der Waals surface area (Å²) in [6, 6.07) is 7.54. The number of morpholine rings is 1. The van der Waals surface area contributed by atoms with Crippen LogP contribution in [0.2, 0.25) is 0 Å². The van der Waals surface area contributed by atoms with Gasteiger partial charge in [-0.15, -0.1) is 0 Å². The van der Waals surface area contributed by atoms with Gasteiger partial charge >= 0.3 is 5.97 Å². The van der Waals surface area contributed by atoms with Gasteiger partial charge in [-0.25, -0.2) is 4.79 Å². The number of carbonyl (C=O) groups excluding carboxylic acids is 1. The fourth-order valence-corrected chi connectivity index (χ4v) is 2.95. The SMILES string of the molecule is COC(=O)c1ccc(CNCC(c2ccc(C)o2)N2CCOCC2)o1. The molecule has 0 amide bonds. The molecule has 0 aliphatic carbocycles. The van der Waals surface area contributed by atoms with Gasteiger partial charge in [0, 0.05) is 19.6 Å². The van der Waals surface area contributed by atoms with Gasteiger partial charge in [-0.2, -0.15) is 0 Å². The number of nitrogens with zero attached hydrogens (tertiary/aromatic N) is 1. The maximum Gasteiger partial charge on any atom is 0.373 e. The molecule has 1 N–H and O–H groups in total. The topological polar surface area (TPSA) is 77.1 Å². The Morgan fingerprint density at radius 2 is 2.04 bits per heavy atom. The Bertz CT molecular complexity index is 687. The number of furan rings is 2. The van der Waals surface area contributed by atoms with E-state index in [0.29, 0.717) is 18.8 Å². The summed E-state index contributed by atoms with van der Waals surface area (Å²) in [6.07, 6.45) is 0.